The summed E-state index contributed by atoms with van der Waals surface area (Å²) in [6, 6.07) is 1.91. The van der Waals surface area contributed by atoms with E-state index in [1.54, 1.807) is 9.47 Å². The number of anilines is 1. The summed E-state index contributed by atoms with van der Waals surface area (Å²) >= 11 is 5.96. The molecule has 4 rings (SSSR count). The Balaban J connectivity index is 1.42. The largest absolute Gasteiger partial charge is 0.382 e. The maximum atomic E-state index is 14.8. The second-order valence-corrected chi connectivity index (χ2v) is 7.13. The second kappa shape index (κ2) is 7.02. The molecule has 1 saturated heterocycles. The van der Waals surface area contributed by atoms with Gasteiger partial charge in [0, 0.05) is 19.1 Å². The molecule has 7 nitrogen and oxygen atoms in total. The van der Waals surface area contributed by atoms with E-state index < -0.39 is 0 Å². The van der Waals surface area contributed by atoms with Gasteiger partial charge in [-0.1, -0.05) is 11.6 Å². The van der Waals surface area contributed by atoms with E-state index >= 15 is 0 Å². The first-order valence-electron chi connectivity index (χ1n) is 8.76. The third kappa shape index (κ3) is 3.13. The number of nitrogens with two attached hydrogens (primary N) is 1. The number of carbonyl (C=O) groups excluding carboxylic acids is 1. The number of rotatable bonds is 5. The number of nitrogens with zero attached hydrogens (tertiary/aromatic N) is 3. The molecule has 0 spiro atoms. The third-order valence-corrected chi connectivity index (χ3v) is 5.35. The maximum Gasteiger partial charge on any atom is 0.225 e. The monoisotopic (exact) mass is 381 g/mol. The van der Waals surface area contributed by atoms with Crippen LogP contribution in [0.2, 0.25) is 5.02 Å². The molecule has 2 aliphatic heterocycles. The van der Waals surface area contributed by atoms with Gasteiger partial charge in [-0.3, -0.25) is 4.79 Å². The van der Waals surface area contributed by atoms with Crippen LogP contribution in [-0.2, 0) is 22.6 Å². The van der Waals surface area contributed by atoms with Crippen LogP contribution in [0.5, 0.6) is 0 Å². The van der Waals surface area contributed by atoms with Crippen molar-refractivity contribution in [2.24, 2.45) is 0 Å². The fraction of sp³-hybridized carbons (Fsp3) is 0.529. The summed E-state index contributed by atoms with van der Waals surface area (Å²) in [7, 11) is 0. The fourth-order valence-electron chi connectivity index (χ4n) is 3.38. The Hall–Kier alpha value is -1.90. The molecular weight excluding hydrogens is 361 g/mol. The second-order valence-electron chi connectivity index (χ2n) is 6.72. The highest BCUT2D eigenvalue weighted by atomic mass is 35.5. The quantitative estimate of drug-likeness (QED) is 0.767. The van der Waals surface area contributed by atoms with Crippen LogP contribution in [0.1, 0.15) is 18.5 Å². The van der Waals surface area contributed by atoms with Gasteiger partial charge in [0.25, 0.3) is 0 Å². The van der Waals surface area contributed by atoms with Gasteiger partial charge in [-0.15, -0.1) is 0 Å². The molecule has 1 fully saturated rings. The number of aromatic nitrogens is 2. The summed E-state index contributed by atoms with van der Waals surface area (Å²) in [5, 5.41) is 3.81. The Morgan fingerprint density at radius 2 is 2.31 bits per heavy atom. The van der Waals surface area contributed by atoms with Gasteiger partial charge in [-0.25, -0.2) is 9.37 Å². The van der Waals surface area contributed by atoms with E-state index in [4.69, 9.17) is 22.1 Å². The minimum atomic E-state index is -0.390. The average molecular weight is 382 g/mol. The Labute approximate surface area is 155 Å². The average Bonchev–Trinajstić information content (AvgIpc) is 2.85. The Kier molecular flexibility index (Phi) is 4.73. The SMILES string of the molecule is Nc1nc2c(cc1Cl)c(F)c1n2CCN(C(=O)CCOCC2CCN2)C1. The first kappa shape index (κ1) is 17.5. The lowest BCUT2D eigenvalue weighted by Gasteiger charge is -2.29. The van der Waals surface area contributed by atoms with Gasteiger partial charge >= 0.3 is 0 Å². The van der Waals surface area contributed by atoms with Crippen LogP contribution in [-0.4, -0.2) is 52.7 Å². The number of nitrogens with one attached hydrogen (secondary N) is 1. The molecule has 4 heterocycles. The van der Waals surface area contributed by atoms with Crippen LogP contribution in [0.15, 0.2) is 6.07 Å². The molecule has 0 radical (unpaired) electrons. The number of halogens is 2. The normalized spacial score (nSPS) is 19.5. The number of fused-ring (bicyclic) bond motifs is 3. The fourth-order valence-corrected chi connectivity index (χ4v) is 3.54. The number of ether oxygens (including phenoxy) is 1. The van der Waals surface area contributed by atoms with Crippen molar-refractivity contribution in [3.05, 3.63) is 22.6 Å². The van der Waals surface area contributed by atoms with Crippen LogP contribution in [0.3, 0.4) is 0 Å². The summed E-state index contributed by atoms with van der Waals surface area (Å²) < 4.78 is 22.1. The van der Waals surface area contributed by atoms with Crippen molar-refractivity contribution in [1.82, 2.24) is 19.8 Å². The predicted molar refractivity (Wildman–Crippen MR) is 96.4 cm³/mol. The van der Waals surface area contributed by atoms with Gasteiger partial charge in [-0.05, 0) is 19.0 Å². The van der Waals surface area contributed by atoms with Gasteiger partial charge in [0.05, 0.1) is 42.3 Å². The number of hydrogen-bond acceptors (Lipinski definition) is 5. The van der Waals surface area contributed by atoms with E-state index in [-0.39, 0.29) is 29.1 Å². The first-order chi connectivity index (χ1) is 12.5. The van der Waals surface area contributed by atoms with E-state index in [9.17, 15) is 9.18 Å². The topological polar surface area (TPSA) is 85.4 Å². The molecule has 2 aliphatic rings. The van der Waals surface area contributed by atoms with E-state index in [2.05, 4.69) is 10.3 Å². The van der Waals surface area contributed by atoms with E-state index in [1.165, 1.54) is 6.07 Å². The molecule has 0 saturated carbocycles. The molecule has 9 heteroatoms. The number of nitrogen functional groups attached to an aromatic ring is 1. The van der Waals surface area contributed by atoms with Crippen LogP contribution in [0.25, 0.3) is 11.0 Å². The third-order valence-electron chi connectivity index (χ3n) is 5.05. The molecule has 3 N–H and O–H groups in total. The zero-order chi connectivity index (χ0) is 18.3. The van der Waals surface area contributed by atoms with Crippen molar-refractivity contribution in [3.8, 4) is 0 Å². The number of amides is 1. The molecule has 0 aliphatic carbocycles. The predicted octanol–water partition coefficient (Wildman–Crippen LogP) is 1.52. The molecule has 26 heavy (non-hydrogen) atoms. The van der Waals surface area contributed by atoms with Gasteiger partial charge in [0.15, 0.2) is 5.82 Å². The lowest BCUT2D eigenvalue weighted by atomic mass is 10.1. The van der Waals surface area contributed by atoms with Crippen molar-refractivity contribution in [2.75, 3.05) is 32.0 Å². The smallest absolute Gasteiger partial charge is 0.225 e. The Morgan fingerprint density at radius 3 is 3.04 bits per heavy atom. The zero-order valence-corrected chi connectivity index (χ0v) is 15.1. The summed E-state index contributed by atoms with van der Waals surface area (Å²) in [6.07, 6.45) is 1.41. The molecule has 140 valence electrons. The van der Waals surface area contributed by atoms with E-state index in [1.807, 2.05) is 0 Å². The maximum absolute atomic E-state index is 14.8. The minimum Gasteiger partial charge on any atom is -0.382 e. The summed E-state index contributed by atoms with van der Waals surface area (Å²) in [5.41, 5.74) is 6.66. The van der Waals surface area contributed by atoms with Crippen molar-refractivity contribution in [2.45, 2.75) is 32.0 Å². The summed E-state index contributed by atoms with van der Waals surface area (Å²) in [4.78, 5) is 18.3. The van der Waals surface area contributed by atoms with Gasteiger partial charge in [0.1, 0.15) is 11.5 Å². The van der Waals surface area contributed by atoms with Crippen molar-refractivity contribution in [3.63, 3.8) is 0 Å². The highest BCUT2D eigenvalue weighted by Gasteiger charge is 2.27. The zero-order valence-electron chi connectivity index (χ0n) is 14.3. The number of hydrogen-bond donors (Lipinski definition) is 2. The first-order valence-corrected chi connectivity index (χ1v) is 9.14. The lowest BCUT2D eigenvalue weighted by molar-refractivity contribution is -0.133. The molecule has 1 unspecified atom stereocenters. The van der Waals surface area contributed by atoms with Crippen molar-refractivity contribution >= 4 is 34.4 Å². The standard InChI is InChI=1S/C17H21ClFN5O2/c18-12-7-11-15(19)13-8-23(4-5-24(13)17(11)22-16(12)20)14(25)2-6-26-9-10-1-3-21-10/h7,10,21H,1-6,8-9H2,(H2,20,22). The minimum absolute atomic E-state index is 0.0343. The van der Waals surface area contributed by atoms with Gasteiger partial charge < -0.3 is 25.3 Å². The molecule has 1 amide bonds. The van der Waals surface area contributed by atoms with Crippen molar-refractivity contribution < 1.29 is 13.9 Å². The molecule has 2 aromatic heterocycles. The van der Waals surface area contributed by atoms with Crippen LogP contribution in [0, 0.1) is 5.82 Å². The van der Waals surface area contributed by atoms with E-state index in [0.29, 0.717) is 55.5 Å². The number of pyridine rings is 1. The van der Waals surface area contributed by atoms with Crippen LogP contribution < -0.4 is 11.1 Å². The molecule has 0 aromatic carbocycles. The summed E-state index contributed by atoms with van der Waals surface area (Å²) in [6.45, 7) is 3.23. The molecule has 1 atom stereocenters. The van der Waals surface area contributed by atoms with Crippen LogP contribution >= 0.6 is 11.6 Å². The van der Waals surface area contributed by atoms with E-state index in [0.717, 1.165) is 13.0 Å². The Morgan fingerprint density at radius 1 is 1.50 bits per heavy atom. The number of carbonyl (C=O) groups is 1. The Bertz CT molecular complexity index is 852. The van der Waals surface area contributed by atoms with Crippen LogP contribution in [0.4, 0.5) is 10.2 Å². The molecule has 2 aromatic rings. The highest BCUT2D eigenvalue weighted by Crippen LogP contribution is 2.31. The lowest BCUT2D eigenvalue weighted by Crippen LogP contribution is -2.46. The van der Waals surface area contributed by atoms with Gasteiger partial charge in [0.2, 0.25) is 5.91 Å². The molecular formula is C17H21ClFN5O2. The van der Waals surface area contributed by atoms with Crippen molar-refractivity contribution in [1.29, 1.82) is 0 Å². The molecule has 0 bridgehead atoms. The summed E-state index contributed by atoms with van der Waals surface area (Å²) in [5.74, 6) is -0.247. The highest BCUT2D eigenvalue weighted by molar-refractivity contribution is 6.33. The van der Waals surface area contributed by atoms with Gasteiger partial charge in [-0.2, -0.15) is 0 Å².